The largest absolute Gasteiger partial charge is 0.497 e. The summed E-state index contributed by atoms with van der Waals surface area (Å²) >= 11 is 6.18. The Hall–Kier alpha value is -2.26. The van der Waals surface area contributed by atoms with E-state index in [-0.39, 0.29) is 0 Å². The molecule has 0 aliphatic heterocycles. The molecule has 2 aromatic carbocycles. The maximum absolute atomic E-state index is 6.18. The minimum atomic E-state index is 0.680. The number of aromatic nitrogens is 2. The predicted molar refractivity (Wildman–Crippen MR) is 81.0 cm³/mol. The van der Waals surface area contributed by atoms with Crippen LogP contribution in [0.2, 0.25) is 5.02 Å². The van der Waals surface area contributed by atoms with E-state index in [0.717, 1.165) is 28.4 Å². The van der Waals surface area contributed by atoms with E-state index in [4.69, 9.17) is 16.3 Å². The molecule has 4 heteroatoms. The summed E-state index contributed by atoms with van der Waals surface area (Å²) in [6, 6.07) is 15.5. The van der Waals surface area contributed by atoms with Crippen molar-refractivity contribution < 1.29 is 4.74 Å². The van der Waals surface area contributed by atoms with Gasteiger partial charge in [0.25, 0.3) is 0 Å². The Morgan fingerprint density at radius 3 is 2.75 bits per heavy atom. The predicted octanol–water partition coefficient (Wildman–Crippen LogP) is 4.41. The maximum Gasteiger partial charge on any atom is 0.139 e. The Morgan fingerprint density at radius 2 is 1.95 bits per heavy atom. The van der Waals surface area contributed by atoms with Crippen LogP contribution in [-0.2, 0) is 0 Å². The van der Waals surface area contributed by atoms with Gasteiger partial charge in [-0.15, -0.1) is 0 Å². The second kappa shape index (κ2) is 5.39. The smallest absolute Gasteiger partial charge is 0.139 e. The molecule has 1 aromatic heterocycles. The zero-order valence-corrected chi connectivity index (χ0v) is 11.7. The van der Waals surface area contributed by atoms with Crippen LogP contribution in [0.4, 0.5) is 0 Å². The third-order valence-electron chi connectivity index (χ3n) is 3.09. The Labute approximate surface area is 122 Å². The van der Waals surface area contributed by atoms with Gasteiger partial charge < -0.3 is 9.72 Å². The topological polar surface area (TPSA) is 37.9 Å². The molecule has 0 spiro atoms. The Morgan fingerprint density at radius 1 is 1.10 bits per heavy atom. The molecule has 0 bridgehead atoms. The summed E-state index contributed by atoms with van der Waals surface area (Å²) in [5.74, 6) is 1.57. The van der Waals surface area contributed by atoms with E-state index < -0.39 is 0 Å². The van der Waals surface area contributed by atoms with Gasteiger partial charge in [0.1, 0.15) is 11.6 Å². The van der Waals surface area contributed by atoms with Crippen molar-refractivity contribution in [3.8, 4) is 28.4 Å². The Balaban J connectivity index is 2.00. The highest BCUT2D eigenvalue weighted by Gasteiger charge is 2.08. The van der Waals surface area contributed by atoms with E-state index in [1.54, 1.807) is 13.3 Å². The third-order valence-corrected chi connectivity index (χ3v) is 3.42. The van der Waals surface area contributed by atoms with E-state index >= 15 is 0 Å². The van der Waals surface area contributed by atoms with Crippen LogP contribution in [0.3, 0.4) is 0 Å². The first-order valence-electron chi connectivity index (χ1n) is 6.22. The molecule has 0 fully saturated rings. The van der Waals surface area contributed by atoms with Crippen molar-refractivity contribution in [3.63, 3.8) is 0 Å². The van der Waals surface area contributed by atoms with Crippen LogP contribution < -0.4 is 4.74 Å². The fourth-order valence-electron chi connectivity index (χ4n) is 2.05. The van der Waals surface area contributed by atoms with E-state index in [1.165, 1.54) is 0 Å². The van der Waals surface area contributed by atoms with Gasteiger partial charge in [-0.25, -0.2) is 4.98 Å². The molecule has 0 radical (unpaired) electrons. The quantitative estimate of drug-likeness (QED) is 0.774. The van der Waals surface area contributed by atoms with Gasteiger partial charge >= 0.3 is 0 Å². The lowest BCUT2D eigenvalue weighted by molar-refractivity contribution is 0.415. The van der Waals surface area contributed by atoms with Crippen LogP contribution in [0.15, 0.2) is 54.7 Å². The summed E-state index contributed by atoms with van der Waals surface area (Å²) in [5, 5.41) is 0.680. The monoisotopic (exact) mass is 284 g/mol. The van der Waals surface area contributed by atoms with E-state index in [2.05, 4.69) is 9.97 Å². The number of nitrogens with one attached hydrogen (secondary N) is 1. The lowest BCUT2D eigenvalue weighted by atomic mass is 10.1. The summed E-state index contributed by atoms with van der Waals surface area (Å²) in [7, 11) is 1.65. The number of methoxy groups -OCH3 is 1. The van der Waals surface area contributed by atoms with Crippen molar-refractivity contribution in [2.75, 3.05) is 7.11 Å². The van der Waals surface area contributed by atoms with Crippen molar-refractivity contribution in [1.82, 2.24) is 9.97 Å². The van der Waals surface area contributed by atoms with Crippen LogP contribution in [-0.4, -0.2) is 17.1 Å². The number of nitrogens with zero attached hydrogens (tertiary/aromatic N) is 1. The second-order valence-electron chi connectivity index (χ2n) is 4.36. The SMILES string of the molecule is COc1cccc(-c2cnc(-c3ccccc3Cl)[nH]2)c1. The van der Waals surface area contributed by atoms with Crippen LogP contribution >= 0.6 is 11.6 Å². The molecule has 0 saturated heterocycles. The molecule has 3 rings (SSSR count). The molecule has 0 aliphatic carbocycles. The lowest BCUT2D eigenvalue weighted by Gasteiger charge is -2.02. The van der Waals surface area contributed by atoms with E-state index in [0.29, 0.717) is 5.02 Å². The average Bonchev–Trinajstić information content (AvgIpc) is 2.97. The first-order chi connectivity index (χ1) is 9.78. The fraction of sp³-hybridized carbons (Fsp3) is 0.0625. The van der Waals surface area contributed by atoms with Crippen molar-refractivity contribution in [3.05, 3.63) is 59.8 Å². The molecule has 1 N–H and O–H groups in total. The number of hydrogen-bond donors (Lipinski definition) is 1. The van der Waals surface area contributed by atoms with Gasteiger partial charge in [-0.05, 0) is 24.3 Å². The Bertz CT molecular complexity index is 737. The fourth-order valence-corrected chi connectivity index (χ4v) is 2.27. The standard InChI is InChI=1S/C16H13ClN2O/c1-20-12-6-4-5-11(9-12)15-10-18-16(19-15)13-7-2-3-8-14(13)17/h2-10H,1H3,(H,18,19). The number of imidazole rings is 1. The molecule has 100 valence electrons. The van der Waals surface area contributed by atoms with Crippen molar-refractivity contribution in [1.29, 1.82) is 0 Å². The summed E-state index contributed by atoms with van der Waals surface area (Å²) in [5.41, 5.74) is 2.84. The summed E-state index contributed by atoms with van der Waals surface area (Å²) in [6.07, 6.45) is 1.80. The molecular formula is C16H13ClN2O. The van der Waals surface area contributed by atoms with Gasteiger partial charge in [-0.2, -0.15) is 0 Å². The number of H-pyrrole nitrogens is 1. The van der Waals surface area contributed by atoms with Gasteiger partial charge in [0, 0.05) is 11.1 Å². The lowest BCUT2D eigenvalue weighted by Crippen LogP contribution is -1.84. The van der Waals surface area contributed by atoms with Crippen molar-refractivity contribution >= 4 is 11.6 Å². The van der Waals surface area contributed by atoms with E-state index in [1.807, 2.05) is 48.5 Å². The average molecular weight is 285 g/mol. The van der Waals surface area contributed by atoms with Crippen molar-refractivity contribution in [2.24, 2.45) is 0 Å². The highest BCUT2D eigenvalue weighted by Crippen LogP contribution is 2.28. The van der Waals surface area contributed by atoms with Crippen LogP contribution in [0.25, 0.3) is 22.6 Å². The molecule has 0 saturated carbocycles. The number of aromatic amines is 1. The molecule has 1 heterocycles. The van der Waals surface area contributed by atoms with Gasteiger partial charge in [-0.3, -0.25) is 0 Å². The second-order valence-corrected chi connectivity index (χ2v) is 4.76. The molecule has 0 amide bonds. The van der Waals surface area contributed by atoms with Gasteiger partial charge in [0.15, 0.2) is 0 Å². The minimum Gasteiger partial charge on any atom is -0.497 e. The number of halogens is 1. The normalized spacial score (nSPS) is 10.5. The molecule has 0 atom stereocenters. The summed E-state index contributed by atoms with van der Waals surface area (Å²) in [4.78, 5) is 7.69. The number of ether oxygens (including phenoxy) is 1. The molecule has 3 nitrogen and oxygen atoms in total. The number of benzene rings is 2. The highest BCUT2D eigenvalue weighted by molar-refractivity contribution is 6.33. The maximum atomic E-state index is 6.18. The van der Waals surface area contributed by atoms with Crippen LogP contribution in [0.5, 0.6) is 5.75 Å². The summed E-state index contributed by atoms with van der Waals surface area (Å²) < 4.78 is 5.23. The zero-order valence-electron chi connectivity index (χ0n) is 10.9. The molecule has 20 heavy (non-hydrogen) atoms. The number of hydrogen-bond acceptors (Lipinski definition) is 2. The third kappa shape index (κ3) is 2.40. The van der Waals surface area contributed by atoms with Gasteiger partial charge in [0.2, 0.25) is 0 Å². The molecular weight excluding hydrogens is 272 g/mol. The molecule has 3 aromatic rings. The van der Waals surface area contributed by atoms with Gasteiger partial charge in [0.05, 0.1) is 24.0 Å². The van der Waals surface area contributed by atoms with Crippen molar-refractivity contribution in [2.45, 2.75) is 0 Å². The first kappa shape index (κ1) is 12.8. The minimum absolute atomic E-state index is 0.680. The molecule has 0 aliphatic rings. The van der Waals surface area contributed by atoms with E-state index in [9.17, 15) is 0 Å². The first-order valence-corrected chi connectivity index (χ1v) is 6.60. The summed E-state index contributed by atoms with van der Waals surface area (Å²) in [6.45, 7) is 0. The highest BCUT2D eigenvalue weighted by atomic mass is 35.5. The molecule has 0 unspecified atom stereocenters. The van der Waals surface area contributed by atoms with Crippen LogP contribution in [0.1, 0.15) is 0 Å². The zero-order chi connectivity index (χ0) is 13.9. The Kier molecular flexibility index (Phi) is 3.44. The van der Waals surface area contributed by atoms with Gasteiger partial charge in [-0.1, -0.05) is 35.9 Å². The number of rotatable bonds is 3. The van der Waals surface area contributed by atoms with Crippen LogP contribution in [0, 0.1) is 0 Å².